The van der Waals surface area contributed by atoms with Crippen LogP contribution in [-0.4, -0.2) is 67.0 Å². The quantitative estimate of drug-likeness (QED) is 0.170. The molecule has 1 aliphatic heterocycles. The zero-order chi connectivity index (χ0) is 29.4. The van der Waals surface area contributed by atoms with Crippen molar-refractivity contribution < 1.29 is 28.9 Å². The van der Waals surface area contributed by atoms with Gasteiger partial charge in [0.1, 0.15) is 18.1 Å². The van der Waals surface area contributed by atoms with Gasteiger partial charge in [0, 0.05) is 12.1 Å². The maximum Gasteiger partial charge on any atom is 0.295 e. The minimum absolute atomic E-state index is 0.0458. The molecule has 1 unspecified atom stereocenters. The lowest BCUT2D eigenvalue weighted by Gasteiger charge is -2.26. The number of amides is 1. The van der Waals surface area contributed by atoms with Crippen molar-refractivity contribution in [2.24, 2.45) is 0 Å². The second-order valence-electron chi connectivity index (χ2n) is 10.0. The van der Waals surface area contributed by atoms with E-state index in [1.807, 2.05) is 69.2 Å². The molecule has 3 aromatic carbocycles. The topological polar surface area (TPSA) is 88.5 Å². The summed E-state index contributed by atoms with van der Waals surface area (Å²) in [7, 11) is 3.92. The van der Waals surface area contributed by atoms with Crippen molar-refractivity contribution in [3.8, 4) is 17.2 Å². The largest absolute Gasteiger partial charge is 0.507 e. The van der Waals surface area contributed by atoms with E-state index < -0.39 is 17.7 Å². The average Bonchev–Trinajstić information content (AvgIpc) is 3.22. The highest BCUT2D eigenvalue weighted by Gasteiger charge is 2.46. The van der Waals surface area contributed by atoms with Gasteiger partial charge in [-0.1, -0.05) is 36.4 Å². The Labute approximate surface area is 241 Å². The first-order valence-electron chi connectivity index (χ1n) is 13.9. The molecule has 1 saturated heterocycles. The van der Waals surface area contributed by atoms with Gasteiger partial charge >= 0.3 is 0 Å². The summed E-state index contributed by atoms with van der Waals surface area (Å²) in [5.41, 5.74) is 2.14. The van der Waals surface area contributed by atoms with Gasteiger partial charge in [-0.05, 0) is 88.4 Å². The molecule has 1 heterocycles. The molecule has 0 bridgehead atoms. The van der Waals surface area contributed by atoms with Crippen molar-refractivity contribution in [1.29, 1.82) is 0 Å². The number of likely N-dealkylation sites (tertiary alicyclic amines) is 1. The molecule has 0 saturated carbocycles. The highest BCUT2D eigenvalue weighted by molar-refractivity contribution is 6.46. The molecule has 1 aliphatic rings. The Morgan fingerprint density at radius 3 is 2.24 bits per heavy atom. The van der Waals surface area contributed by atoms with Crippen molar-refractivity contribution in [2.75, 3.05) is 40.4 Å². The Kier molecular flexibility index (Phi) is 10.0. The molecule has 0 spiro atoms. The van der Waals surface area contributed by atoms with Crippen LogP contribution in [0.1, 0.15) is 43.0 Å². The van der Waals surface area contributed by atoms with Gasteiger partial charge in [-0.25, -0.2) is 0 Å². The van der Waals surface area contributed by atoms with E-state index >= 15 is 0 Å². The molecule has 1 atom stereocenters. The molecular formula is C33H38N2O6. The second kappa shape index (κ2) is 13.9. The minimum atomic E-state index is -0.786. The maximum atomic E-state index is 13.4. The van der Waals surface area contributed by atoms with Gasteiger partial charge in [-0.3, -0.25) is 9.59 Å². The SMILES string of the molecule is CCOc1ccc(C(O)=C2C(=O)C(=O)N(CCCN(C)C)C2c2ccc(OCc3ccccc3)c(OCC)c2)cc1. The Hall–Kier alpha value is -4.30. The maximum absolute atomic E-state index is 13.4. The number of carbonyl (C=O) groups is 2. The Bertz CT molecular complexity index is 1370. The molecule has 1 amide bonds. The molecule has 41 heavy (non-hydrogen) atoms. The summed E-state index contributed by atoms with van der Waals surface area (Å²) in [6.07, 6.45) is 0.663. The van der Waals surface area contributed by atoms with Crippen molar-refractivity contribution in [3.63, 3.8) is 0 Å². The van der Waals surface area contributed by atoms with Crippen LogP contribution in [0.5, 0.6) is 17.2 Å². The number of aliphatic hydroxyl groups is 1. The zero-order valence-electron chi connectivity index (χ0n) is 24.1. The molecule has 3 aromatic rings. The number of Topliss-reactive ketones (excluding diaryl/α,β-unsaturated/α-hetero) is 1. The summed E-state index contributed by atoms with van der Waals surface area (Å²) in [6.45, 7) is 6.14. The number of carbonyl (C=O) groups excluding carboxylic acids is 2. The summed E-state index contributed by atoms with van der Waals surface area (Å²) in [5.74, 6) is 0.125. The van der Waals surface area contributed by atoms with Gasteiger partial charge in [0.2, 0.25) is 0 Å². The number of nitrogens with zero attached hydrogens (tertiary/aromatic N) is 2. The Balaban J connectivity index is 1.74. The van der Waals surface area contributed by atoms with Gasteiger partial charge in [0.05, 0.1) is 24.8 Å². The molecule has 0 radical (unpaired) electrons. The van der Waals surface area contributed by atoms with E-state index in [9.17, 15) is 14.7 Å². The summed E-state index contributed by atoms with van der Waals surface area (Å²) < 4.78 is 17.5. The molecule has 1 fully saturated rings. The minimum Gasteiger partial charge on any atom is -0.507 e. The lowest BCUT2D eigenvalue weighted by Crippen LogP contribution is -2.32. The first-order valence-corrected chi connectivity index (χ1v) is 13.9. The number of ketones is 1. The summed E-state index contributed by atoms with van der Waals surface area (Å²) >= 11 is 0. The number of hydrogen-bond donors (Lipinski definition) is 1. The Morgan fingerprint density at radius 2 is 1.59 bits per heavy atom. The number of hydrogen-bond acceptors (Lipinski definition) is 7. The smallest absolute Gasteiger partial charge is 0.295 e. The number of aliphatic hydroxyl groups excluding tert-OH is 1. The molecule has 8 heteroatoms. The molecule has 4 rings (SSSR count). The van der Waals surface area contributed by atoms with E-state index in [2.05, 4.69) is 0 Å². The standard InChI is InChI=1S/C33H38N2O6/c1-5-39-26-16-13-24(14-17-26)31(36)29-30(35(33(38)32(29)37)20-10-19-34(3)4)25-15-18-27(28(21-25)40-6-2)41-22-23-11-8-7-9-12-23/h7-9,11-18,21,30,36H,5-6,10,19-20,22H2,1-4H3. The fourth-order valence-electron chi connectivity index (χ4n) is 4.86. The van der Waals surface area contributed by atoms with Crippen LogP contribution < -0.4 is 14.2 Å². The highest BCUT2D eigenvalue weighted by atomic mass is 16.5. The molecule has 216 valence electrons. The van der Waals surface area contributed by atoms with Crippen molar-refractivity contribution in [3.05, 3.63) is 95.1 Å². The number of rotatable bonds is 13. The van der Waals surface area contributed by atoms with E-state index in [-0.39, 0.29) is 11.3 Å². The third-order valence-corrected chi connectivity index (χ3v) is 6.80. The molecule has 8 nitrogen and oxygen atoms in total. The molecular weight excluding hydrogens is 520 g/mol. The van der Waals surface area contributed by atoms with Crippen LogP contribution in [0.15, 0.2) is 78.4 Å². The van der Waals surface area contributed by atoms with Crippen LogP contribution in [0, 0.1) is 0 Å². The monoisotopic (exact) mass is 558 g/mol. The first-order chi connectivity index (χ1) is 19.8. The highest BCUT2D eigenvalue weighted by Crippen LogP contribution is 2.42. The van der Waals surface area contributed by atoms with Crippen molar-refractivity contribution in [2.45, 2.75) is 32.9 Å². The normalized spacial score (nSPS) is 16.3. The van der Waals surface area contributed by atoms with Crippen LogP contribution in [0.2, 0.25) is 0 Å². The summed E-state index contributed by atoms with van der Waals surface area (Å²) in [6, 6.07) is 21.3. The van der Waals surface area contributed by atoms with E-state index in [1.165, 1.54) is 0 Å². The van der Waals surface area contributed by atoms with Gasteiger partial charge < -0.3 is 29.1 Å². The van der Waals surface area contributed by atoms with E-state index in [0.717, 1.165) is 12.1 Å². The van der Waals surface area contributed by atoms with Crippen LogP contribution in [0.3, 0.4) is 0 Å². The lowest BCUT2D eigenvalue weighted by atomic mass is 9.95. The van der Waals surface area contributed by atoms with Crippen LogP contribution in [-0.2, 0) is 16.2 Å². The van der Waals surface area contributed by atoms with Crippen molar-refractivity contribution in [1.82, 2.24) is 9.80 Å². The van der Waals surface area contributed by atoms with Crippen molar-refractivity contribution >= 4 is 17.4 Å². The van der Waals surface area contributed by atoms with Crippen LogP contribution in [0.25, 0.3) is 5.76 Å². The third-order valence-electron chi connectivity index (χ3n) is 6.80. The molecule has 0 aliphatic carbocycles. The first kappa shape index (κ1) is 29.7. The van der Waals surface area contributed by atoms with Gasteiger partial charge in [0.25, 0.3) is 11.7 Å². The number of benzene rings is 3. The molecule has 1 N–H and O–H groups in total. The summed E-state index contributed by atoms with van der Waals surface area (Å²) in [4.78, 5) is 30.3. The van der Waals surface area contributed by atoms with Gasteiger partial charge in [-0.2, -0.15) is 0 Å². The van der Waals surface area contributed by atoms with Crippen LogP contribution >= 0.6 is 0 Å². The van der Waals surface area contributed by atoms with Gasteiger partial charge in [0.15, 0.2) is 11.5 Å². The predicted octanol–water partition coefficient (Wildman–Crippen LogP) is 5.44. The zero-order valence-corrected chi connectivity index (χ0v) is 24.1. The lowest BCUT2D eigenvalue weighted by molar-refractivity contribution is -0.139. The number of ether oxygens (including phenoxy) is 3. The van der Waals surface area contributed by atoms with E-state index in [0.29, 0.717) is 61.2 Å². The fourth-order valence-corrected chi connectivity index (χ4v) is 4.86. The Morgan fingerprint density at radius 1 is 0.878 bits per heavy atom. The predicted molar refractivity (Wildman–Crippen MR) is 158 cm³/mol. The third kappa shape index (κ3) is 7.08. The van der Waals surface area contributed by atoms with E-state index in [4.69, 9.17) is 14.2 Å². The van der Waals surface area contributed by atoms with Crippen LogP contribution in [0.4, 0.5) is 0 Å². The molecule has 0 aromatic heterocycles. The van der Waals surface area contributed by atoms with Gasteiger partial charge in [-0.15, -0.1) is 0 Å². The second-order valence-corrected chi connectivity index (χ2v) is 10.0. The fraction of sp³-hybridized carbons (Fsp3) is 0.333. The summed E-state index contributed by atoms with van der Waals surface area (Å²) in [5, 5.41) is 11.4. The van der Waals surface area contributed by atoms with E-state index in [1.54, 1.807) is 41.3 Å². The average molecular weight is 559 g/mol.